The topological polar surface area (TPSA) is 45.8 Å². The third kappa shape index (κ3) is 0.883. The van der Waals surface area contributed by atoms with Crippen LogP contribution in [-0.4, -0.2) is 16.0 Å². The number of nitrogens with zero attached hydrogens (tertiary/aromatic N) is 1. The largest absolute Gasteiger partial charge is 0.288 e. The van der Waals surface area contributed by atoms with Gasteiger partial charge >= 0.3 is 0 Å². The number of ketones is 1. The first-order chi connectivity index (χ1) is 7.86. The van der Waals surface area contributed by atoms with Crippen molar-refractivity contribution < 1.29 is 4.79 Å². The van der Waals surface area contributed by atoms with Gasteiger partial charge in [-0.05, 0) is 12.8 Å². The van der Waals surface area contributed by atoms with Crippen LogP contribution in [0.5, 0.6) is 0 Å². The maximum Gasteiger partial charge on any atom is 0.197 e. The molecule has 0 saturated heterocycles. The van der Waals surface area contributed by atoms with Gasteiger partial charge in [0.15, 0.2) is 5.78 Å². The minimum atomic E-state index is 0.140. The minimum Gasteiger partial charge on any atom is -0.288 e. The maximum atomic E-state index is 12.2. The number of nitrogens with one attached hydrogen (secondary N) is 1. The summed E-state index contributed by atoms with van der Waals surface area (Å²) in [7, 11) is 0. The van der Waals surface area contributed by atoms with Gasteiger partial charge in [0.2, 0.25) is 0 Å². The molecule has 1 heterocycles. The van der Waals surface area contributed by atoms with Gasteiger partial charge < -0.3 is 0 Å². The van der Waals surface area contributed by atoms with Crippen LogP contribution in [0.4, 0.5) is 0 Å². The average Bonchev–Trinajstić information content (AvgIpc) is 3.00. The fourth-order valence-electron chi connectivity index (χ4n) is 2.47. The molecule has 16 heavy (non-hydrogen) atoms. The number of benzene rings is 1. The van der Waals surface area contributed by atoms with Gasteiger partial charge in [-0.15, -0.1) is 0 Å². The summed E-state index contributed by atoms with van der Waals surface area (Å²) in [5.41, 5.74) is 4.50. The summed E-state index contributed by atoms with van der Waals surface area (Å²) in [4.78, 5) is 12.2. The highest BCUT2D eigenvalue weighted by Crippen LogP contribution is 2.46. The highest BCUT2D eigenvalue weighted by atomic mass is 16.1. The Labute approximate surface area is 92.5 Å². The predicted octanol–water partition coefficient (Wildman–Crippen LogP) is 2.50. The quantitative estimate of drug-likeness (QED) is 0.670. The molecule has 4 rings (SSSR count). The predicted molar refractivity (Wildman–Crippen MR) is 59.4 cm³/mol. The second kappa shape index (κ2) is 2.61. The maximum absolute atomic E-state index is 12.2. The Kier molecular flexibility index (Phi) is 1.35. The molecule has 0 unspecified atom stereocenters. The summed E-state index contributed by atoms with van der Waals surface area (Å²) in [6.45, 7) is 0. The lowest BCUT2D eigenvalue weighted by Crippen LogP contribution is -1.98. The third-order valence-electron chi connectivity index (χ3n) is 3.43. The number of aromatic amines is 1. The van der Waals surface area contributed by atoms with Crippen LogP contribution in [0.2, 0.25) is 0 Å². The van der Waals surface area contributed by atoms with E-state index in [9.17, 15) is 4.79 Å². The smallest absolute Gasteiger partial charge is 0.197 e. The first-order valence-electron chi connectivity index (χ1n) is 5.58. The lowest BCUT2D eigenvalue weighted by Gasteiger charge is -1.96. The Morgan fingerprint density at radius 1 is 1.19 bits per heavy atom. The van der Waals surface area contributed by atoms with Crippen LogP contribution in [0.1, 0.15) is 40.4 Å². The van der Waals surface area contributed by atoms with Crippen LogP contribution >= 0.6 is 0 Å². The second-order valence-corrected chi connectivity index (χ2v) is 4.51. The van der Waals surface area contributed by atoms with Crippen molar-refractivity contribution in [1.82, 2.24) is 10.2 Å². The summed E-state index contributed by atoms with van der Waals surface area (Å²) in [6.07, 6.45) is 2.36. The molecule has 0 aliphatic heterocycles. The van der Waals surface area contributed by atoms with Gasteiger partial charge in [0.25, 0.3) is 0 Å². The van der Waals surface area contributed by atoms with Crippen molar-refractivity contribution in [2.45, 2.75) is 18.8 Å². The van der Waals surface area contributed by atoms with Crippen molar-refractivity contribution in [3.8, 4) is 11.3 Å². The fraction of sp³-hybridized carbons (Fsp3) is 0.231. The third-order valence-corrected chi connectivity index (χ3v) is 3.43. The SMILES string of the molecule is O=C1c2ccccc2-c2n[nH]c(C3CC3)c21. The van der Waals surface area contributed by atoms with E-state index in [-0.39, 0.29) is 5.78 Å². The average molecular weight is 210 g/mol. The Hall–Kier alpha value is -1.90. The lowest BCUT2D eigenvalue weighted by atomic mass is 10.1. The summed E-state index contributed by atoms with van der Waals surface area (Å²) in [5, 5.41) is 7.34. The van der Waals surface area contributed by atoms with E-state index in [0.717, 1.165) is 28.1 Å². The molecule has 0 amide bonds. The highest BCUT2D eigenvalue weighted by Gasteiger charge is 2.37. The molecule has 2 aromatic rings. The summed E-state index contributed by atoms with van der Waals surface area (Å²) in [6, 6.07) is 7.71. The van der Waals surface area contributed by atoms with Gasteiger partial charge in [-0.1, -0.05) is 24.3 Å². The fourth-order valence-corrected chi connectivity index (χ4v) is 2.47. The van der Waals surface area contributed by atoms with Crippen LogP contribution < -0.4 is 0 Å². The molecular weight excluding hydrogens is 200 g/mol. The zero-order valence-corrected chi connectivity index (χ0v) is 8.66. The monoisotopic (exact) mass is 210 g/mol. The van der Waals surface area contributed by atoms with Gasteiger partial charge in [0, 0.05) is 17.0 Å². The molecular formula is C13H10N2O. The van der Waals surface area contributed by atoms with Crippen molar-refractivity contribution >= 4 is 5.78 Å². The summed E-state index contributed by atoms with van der Waals surface area (Å²) in [5.74, 6) is 0.677. The van der Waals surface area contributed by atoms with Gasteiger partial charge in [-0.2, -0.15) is 5.10 Å². The molecule has 1 aromatic heterocycles. The number of hydrogen-bond donors (Lipinski definition) is 1. The molecule has 3 nitrogen and oxygen atoms in total. The summed E-state index contributed by atoms with van der Waals surface area (Å²) < 4.78 is 0. The summed E-state index contributed by atoms with van der Waals surface area (Å²) >= 11 is 0. The van der Waals surface area contributed by atoms with E-state index in [1.807, 2.05) is 24.3 Å². The van der Waals surface area contributed by atoms with Crippen LogP contribution in [-0.2, 0) is 0 Å². The number of aromatic nitrogens is 2. The highest BCUT2D eigenvalue weighted by molar-refractivity contribution is 6.21. The number of rotatable bonds is 1. The Morgan fingerprint density at radius 3 is 2.69 bits per heavy atom. The molecule has 1 saturated carbocycles. The van der Waals surface area contributed by atoms with Gasteiger partial charge in [-0.3, -0.25) is 9.89 Å². The molecule has 1 N–H and O–H groups in total. The lowest BCUT2D eigenvalue weighted by molar-refractivity contribution is 0.104. The minimum absolute atomic E-state index is 0.140. The molecule has 0 radical (unpaired) electrons. The number of hydrogen-bond acceptors (Lipinski definition) is 2. The molecule has 78 valence electrons. The van der Waals surface area contributed by atoms with Gasteiger partial charge in [0.05, 0.1) is 11.3 Å². The van der Waals surface area contributed by atoms with E-state index in [1.165, 1.54) is 12.8 Å². The van der Waals surface area contributed by atoms with Crippen LogP contribution in [0, 0.1) is 0 Å². The molecule has 0 spiro atoms. The Balaban J connectivity index is 2.01. The van der Waals surface area contributed by atoms with Crippen LogP contribution in [0.15, 0.2) is 24.3 Å². The van der Waals surface area contributed by atoms with Crippen molar-refractivity contribution in [1.29, 1.82) is 0 Å². The van der Waals surface area contributed by atoms with E-state index in [1.54, 1.807) is 0 Å². The van der Waals surface area contributed by atoms with Crippen molar-refractivity contribution in [3.05, 3.63) is 41.1 Å². The molecule has 3 heteroatoms. The van der Waals surface area contributed by atoms with E-state index in [4.69, 9.17) is 0 Å². The van der Waals surface area contributed by atoms with E-state index >= 15 is 0 Å². The normalized spacial score (nSPS) is 17.4. The number of H-pyrrole nitrogens is 1. The Bertz CT molecular complexity index is 608. The molecule has 0 bridgehead atoms. The van der Waals surface area contributed by atoms with Crippen molar-refractivity contribution in [2.24, 2.45) is 0 Å². The Morgan fingerprint density at radius 2 is 1.94 bits per heavy atom. The first-order valence-corrected chi connectivity index (χ1v) is 5.58. The van der Waals surface area contributed by atoms with Crippen LogP contribution in [0.25, 0.3) is 11.3 Å². The molecule has 2 aliphatic carbocycles. The van der Waals surface area contributed by atoms with E-state index < -0.39 is 0 Å². The zero-order chi connectivity index (χ0) is 10.7. The molecule has 1 fully saturated rings. The molecule has 0 atom stereocenters. The number of carbonyl (C=O) groups excluding carboxylic acids is 1. The molecule has 1 aromatic carbocycles. The van der Waals surface area contributed by atoms with E-state index in [0.29, 0.717) is 5.92 Å². The standard InChI is InChI=1S/C13H10N2O/c16-13-9-4-2-1-3-8(9)12-10(13)11(14-15-12)7-5-6-7/h1-4,7H,5-6H2,(H,14,15). The van der Waals surface area contributed by atoms with Crippen LogP contribution in [0.3, 0.4) is 0 Å². The first kappa shape index (κ1) is 8.28. The van der Waals surface area contributed by atoms with Gasteiger partial charge in [-0.25, -0.2) is 0 Å². The number of fused-ring (bicyclic) bond motifs is 3. The van der Waals surface area contributed by atoms with Crippen molar-refractivity contribution in [2.75, 3.05) is 0 Å². The van der Waals surface area contributed by atoms with Gasteiger partial charge in [0.1, 0.15) is 5.69 Å². The molecule has 2 aliphatic rings. The van der Waals surface area contributed by atoms with Crippen molar-refractivity contribution in [3.63, 3.8) is 0 Å². The zero-order valence-electron chi connectivity index (χ0n) is 8.66. The number of carbonyl (C=O) groups is 1. The van der Waals surface area contributed by atoms with E-state index in [2.05, 4.69) is 10.2 Å². The second-order valence-electron chi connectivity index (χ2n) is 4.51.